The van der Waals surface area contributed by atoms with Crippen LogP contribution in [-0.2, 0) is 0 Å². The van der Waals surface area contributed by atoms with E-state index in [1.807, 2.05) is 0 Å². The number of aryl methyl sites for hydroxylation is 1. The first-order valence-electron chi connectivity index (χ1n) is 5.24. The van der Waals surface area contributed by atoms with Crippen LogP contribution >= 0.6 is 27.7 Å². The highest BCUT2D eigenvalue weighted by atomic mass is 79.9. The smallest absolute Gasteiger partial charge is 0.336 e. The Bertz CT molecular complexity index is 700. The monoisotopic (exact) mass is 340 g/mol. The van der Waals surface area contributed by atoms with E-state index in [4.69, 9.17) is 5.11 Å². The van der Waals surface area contributed by atoms with E-state index in [1.54, 1.807) is 19.1 Å². The maximum atomic E-state index is 11.3. The summed E-state index contributed by atoms with van der Waals surface area (Å²) in [6.45, 7) is 1.71. The molecule has 0 saturated carbocycles. The van der Waals surface area contributed by atoms with Crippen LogP contribution in [0, 0.1) is 6.92 Å². The lowest BCUT2D eigenvalue weighted by molar-refractivity contribution is 0.0693. The van der Waals surface area contributed by atoms with Gasteiger partial charge in [-0.2, -0.15) is 0 Å². The highest BCUT2D eigenvalue weighted by Crippen LogP contribution is 2.29. The average molecular weight is 341 g/mol. The lowest BCUT2D eigenvalue weighted by Crippen LogP contribution is -2.08. The van der Waals surface area contributed by atoms with Gasteiger partial charge in [0.25, 0.3) is 5.56 Å². The molecule has 0 atom stereocenters. The Balaban J connectivity index is 2.43. The summed E-state index contributed by atoms with van der Waals surface area (Å²) in [5.74, 6) is -1.03. The molecular weight excluding hydrogens is 332 g/mol. The van der Waals surface area contributed by atoms with E-state index in [2.05, 4.69) is 25.9 Å². The van der Waals surface area contributed by atoms with Crippen molar-refractivity contribution in [2.75, 3.05) is 0 Å². The van der Waals surface area contributed by atoms with E-state index < -0.39 is 5.97 Å². The number of nitrogens with one attached hydrogen (secondary N) is 1. The number of carboxylic acid groups (broad SMARTS) is 1. The van der Waals surface area contributed by atoms with Crippen molar-refractivity contribution in [3.05, 3.63) is 50.3 Å². The number of H-pyrrole nitrogens is 1. The van der Waals surface area contributed by atoms with Gasteiger partial charge in [-0.05, 0) is 25.1 Å². The van der Waals surface area contributed by atoms with E-state index in [1.165, 1.54) is 12.1 Å². The van der Waals surface area contributed by atoms with Crippen molar-refractivity contribution in [3.8, 4) is 0 Å². The predicted octanol–water partition coefficient (Wildman–Crippen LogP) is 2.69. The second-order valence-corrected chi connectivity index (χ2v) is 5.69. The summed E-state index contributed by atoms with van der Waals surface area (Å²) in [5, 5.41) is 9.52. The quantitative estimate of drug-likeness (QED) is 0.839. The molecule has 1 aromatic carbocycles. The second kappa shape index (κ2) is 5.58. The van der Waals surface area contributed by atoms with Gasteiger partial charge >= 0.3 is 5.97 Å². The molecule has 7 heteroatoms. The van der Waals surface area contributed by atoms with Crippen molar-refractivity contribution < 1.29 is 9.90 Å². The molecule has 2 aromatic rings. The fraction of sp³-hybridized carbons (Fsp3) is 0.0833. The van der Waals surface area contributed by atoms with Crippen molar-refractivity contribution in [2.24, 2.45) is 0 Å². The number of nitrogens with zero attached hydrogens (tertiary/aromatic N) is 1. The van der Waals surface area contributed by atoms with Gasteiger partial charge in [-0.25, -0.2) is 9.78 Å². The van der Waals surface area contributed by atoms with Gasteiger partial charge in [0.15, 0.2) is 5.16 Å². The van der Waals surface area contributed by atoms with Gasteiger partial charge in [-0.3, -0.25) is 4.79 Å². The summed E-state index contributed by atoms with van der Waals surface area (Å²) in [6.07, 6.45) is 0. The van der Waals surface area contributed by atoms with Gasteiger partial charge in [0.05, 0.1) is 5.56 Å². The molecule has 0 unspecified atom stereocenters. The van der Waals surface area contributed by atoms with Crippen molar-refractivity contribution in [1.29, 1.82) is 0 Å². The third-order valence-corrected chi connectivity index (χ3v) is 3.68. The molecule has 0 radical (unpaired) electrons. The molecule has 0 aliphatic carbocycles. The first-order valence-corrected chi connectivity index (χ1v) is 6.85. The Hall–Kier alpha value is -1.60. The normalized spacial score (nSPS) is 10.4. The van der Waals surface area contributed by atoms with Gasteiger partial charge in [0.1, 0.15) is 0 Å². The molecular formula is C12H9BrN2O3S. The maximum Gasteiger partial charge on any atom is 0.336 e. The Morgan fingerprint density at radius 2 is 2.16 bits per heavy atom. The van der Waals surface area contributed by atoms with Crippen LogP contribution in [0.3, 0.4) is 0 Å². The largest absolute Gasteiger partial charge is 0.478 e. The fourth-order valence-electron chi connectivity index (χ4n) is 1.46. The number of rotatable bonds is 3. The van der Waals surface area contributed by atoms with E-state index in [0.29, 0.717) is 20.2 Å². The zero-order valence-corrected chi connectivity index (χ0v) is 12.2. The number of hydrogen-bond donors (Lipinski definition) is 2. The van der Waals surface area contributed by atoms with Crippen LogP contribution in [0.25, 0.3) is 0 Å². The molecule has 0 saturated heterocycles. The summed E-state index contributed by atoms with van der Waals surface area (Å²) >= 11 is 4.34. The van der Waals surface area contributed by atoms with Gasteiger partial charge in [-0.1, -0.05) is 27.7 Å². The van der Waals surface area contributed by atoms with Crippen LogP contribution in [0.15, 0.2) is 43.6 Å². The zero-order valence-electron chi connectivity index (χ0n) is 9.81. The number of halogens is 1. The minimum Gasteiger partial charge on any atom is -0.478 e. The molecule has 2 rings (SSSR count). The molecule has 0 fully saturated rings. The molecule has 0 spiro atoms. The number of carbonyl (C=O) groups is 1. The molecule has 2 N–H and O–H groups in total. The Morgan fingerprint density at radius 3 is 2.79 bits per heavy atom. The van der Waals surface area contributed by atoms with Gasteiger partial charge < -0.3 is 10.1 Å². The van der Waals surface area contributed by atoms with Crippen molar-refractivity contribution in [1.82, 2.24) is 9.97 Å². The first kappa shape index (κ1) is 13.8. The molecule has 5 nitrogen and oxygen atoms in total. The number of aromatic carboxylic acids is 1. The lowest BCUT2D eigenvalue weighted by Gasteiger charge is -2.06. The van der Waals surface area contributed by atoms with Crippen molar-refractivity contribution in [3.63, 3.8) is 0 Å². The highest BCUT2D eigenvalue weighted by Gasteiger charge is 2.13. The minimum absolute atomic E-state index is 0.156. The van der Waals surface area contributed by atoms with Crippen LogP contribution < -0.4 is 5.56 Å². The molecule has 0 amide bonds. The molecule has 19 heavy (non-hydrogen) atoms. The predicted molar refractivity (Wildman–Crippen MR) is 74.8 cm³/mol. The van der Waals surface area contributed by atoms with Crippen LogP contribution in [0.5, 0.6) is 0 Å². The Labute approximate surface area is 121 Å². The zero-order chi connectivity index (χ0) is 14.0. The summed E-state index contributed by atoms with van der Waals surface area (Å²) in [4.78, 5) is 29.8. The van der Waals surface area contributed by atoms with Crippen LogP contribution in [0.2, 0.25) is 0 Å². The van der Waals surface area contributed by atoms with Crippen molar-refractivity contribution in [2.45, 2.75) is 17.0 Å². The molecule has 1 aromatic heterocycles. The second-order valence-electron chi connectivity index (χ2n) is 3.74. The fourth-order valence-corrected chi connectivity index (χ4v) is 2.77. The number of carboxylic acids is 1. The van der Waals surface area contributed by atoms with Crippen LogP contribution in [0.1, 0.15) is 16.1 Å². The molecule has 1 heterocycles. The van der Waals surface area contributed by atoms with Crippen LogP contribution in [-0.4, -0.2) is 21.0 Å². The van der Waals surface area contributed by atoms with E-state index in [0.717, 1.165) is 11.8 Å². The van der Waals surface area contributed by atoms with E-state index in [-0.39, 0.29) is 11.1 Å². The number of benzene rings is 1. The SMILES string of the molecule is Cc1cc(=O)[nH]c(Sc2ccc(Br)cc2C(=O)O)n1. The molecule has 98 valence electrons. The number of hydrogen-bond acceptors (Lipinski definition) is 4. The Kier molecular flexibility index (Phi) is 4.06. The third-order valence-electron chi connectivity index (χ3n) is 2.23. The standard InChI is InChI=1S/C12H9BrN2O3S/c1-6-4-10(16)15-12(14-6)19-9-3-2-7(13)5-8(9)11(17)18/h2-5H,1H3,(H,17,18)(H,14,15,16). The number of aromatic amines is 1. The van der Waals surface area contributed by atoms with Gasteiger partial charge in [0.2, 0.25) is 0 Å². The Morgan fingerprint density at radius 1 is 1.42 bits per heavy atom. The molecule has 0 bridgehead atoms. The lowest BCUT2D eigenvalue weighted by atomic mass is 10.2. The molecule has 0 aliphatic heterocycles. The average Bonchev–Trinajstić information content (AvgIpc) is 2.30. The topological polar surface area (TPSA) is 83.0 Å². The summed E-state index contributed by atoms with van der Waals surface area (Å²) in [5.41, 5.74) is 0.479. The maximum absolute atomic E-state index is 11.3. The summed E-state index contributed by atoms with van der Waals surface area (Å²) in [6, 6.07) is 6.30. The molecule has 0 aliphatic rings. The summed E-state index contributed by atoms with van der Waals surface area (Å²) in [7, 11) is 0. The minimum atomic E-state index is -1.03. The van der Waals surface area contributed by atoms with Gasteiger partial charge in [0, 0.05) is 21.1 Å². The highest BCUT2D eigenvalue weighted by molar-refractivity contribution is 9.10. The number of aromatic nitrogens is 2. The van der Waals surface area contributed by atoms with E-state index in [9.17, 15) is 9.59 Å². The summed E-state index contributed by atoms with van der Waals surface area (Å²) < 4.78 is 0.681. The van der Waals surface area contributed by atoms with Gasteiger partial charge in [-0.15, -0.1) is 0 Å². The van der Waals surface area contributed by atoms with E-state index >= 15 is 0 Å². The van der Waals surface area contributed by atoms with Crippen LogP contribution in [0.4, 0.5) is 0 Å². The third kappa shape index (κ3) is 3.45. The van der Waals surface area contributed by atoms with Crippen molar-refractivity contribution >= 4 is 33.7 Å². The first-order chi connectivity index (χ1) is 8.95.